The molecule has 1 aliphatic carbocycles. The molecule has 0 aromatic heterocycles. The fourth-order valence-corrected chi connectivity index (χ4v) is 4.45. The molecule has 0 bridgehead atoms. The van der Waals surface area contributed by atoms with Crippen LogP contribution in [0.15, 0.2) is 30.3 Å². The summed E-state index contributed by atoms with van der Waals surface area (Å²) in [6, 6.07) is 9.78. The van der Waals surface area contributed by atoms with Gasteiger partial charge in [-0.3, -0.25) is 9.59 Å². The van der Waals surface area contributed by atoms with Crippen LogP contribution in [0.3, 0.4) is 0 Å². The van der Waals surface area contributed by atoms with Gasteiger partial charge in [-0.05, 0) is 32.0 Å². The predicted molar refractivity (Wildman–Crippen MR) is 95.7 cm³/mol. The Morgan fingerprint density at radius 3 is 2.60 bits per heavy atom. The second-order valence-electron chi connectivity index (χ2n) is 7.59. The maximum atomic E-state index is 12.9. The number of hydrazine groups is 1. The molecule has 2 N–H and O–H groups in total. The van der Waals surface area contributed by atoms with Crippen LogP contribution in [0.25, 0.3) is 0 Å². The van der Waals surface area contributed by atoms with E-state index in [9.17, 15) is 9.59 Å². The molecule has 2 saturated heterocycles. The molecule has 6 nitrogen and oxygen atoms in total. The number of fused-ring (bicyclic) bond motifs is 1. The Hall–Kier alpha value is -1.92. The second-order valence-corrected chi connectivity index (χ2v) is 7.59. The Bertz CT molecular complexity index is 644. The number of hydrogen-bond donors (Lipinski definition) is 2. The first-order valence-corrected chi connectivity index (χ1v) is 9.27. The summed E-state index contributed by atoms with van der Waals surface area (Å²) in [6.45, 7) is 1.37. The summed E-state index contributed by atoms with van der Waals surface area (Å²) in [7, 11) is 1.99. The summed E-state index contributed by atoms with van der Waals surface area (Å²) in [5.74, 6) is -0.245. The molecule has 1 aromatic rings. The smallest absolute Gasteiger partial charge is 0.247 e. The maximum Gasteiger partial charge on any atom is 0.247 e. The molecule has 3 aliphatic rings. The normalized spacial score (nSPS) is 30.5. The minimum Gasteiger partial charge on any atom is -0.353 e. The van der Waals surface area contributed by atoms with E-state index in [2.05, 4.69) is 15.6 Å². The number of benzene rings is 1. The van der Waals surface area contributed by atoms with E-state index in [1.54, 1.807) is 5.01 Å². The summed E-state index contributed by atoms with van der Waals surface area (Å²) in [5.41, 5.74) is 4.16. The van der Waals surface area contributed by atoms with Gasteiger partial charge in [0.2, 0.25) is 11.8 Å². The molecule has 1 saturated carbocycles. The van der Waals surface area contributed by atoms with Crippen molar-refractivity contribution >= 4 is 17.5 Å². The molecule has 3 unspecified atom stereocenters. The molecule has 134 valence electrons. The average molecular weight is 342 g/mol. The zero-order chi connectivity index (χ0) is 17.4. The summed E-state index contributed by atoms with van der Waals surface area (Å²) in [5, 5.41) is 4.85. The molecule has 4 rings (SSSR count). The molecule has 2 aliphatic heterocycles. The number of nitrogens with zero attached hydrogens (tertiary/aromatic N) is 2. The Balaban J connectivity index is 1.53. The third kappa shape index (κ3) is 3.16. The minimum atomic E-state index is -0.206. The third-order valence-corrected chi connectivity index (χ3v) is 5.75. The highest BCUT2D eigenvalue weighted by Crippen LogP contribution is 2.31. The number of hydrogen-bond acceptors (Lipinski definition) is 4. The number of amides is 2. The van der Waals surface area contributed by atoms with Crippen molar-refractivity contribution in [3.63, 3.8) is 0 Å². The van der Waals surface area contributed by atoms with E-state index in [4.69, 9.17) is 0 Å². The highest BCUT2D eigenvalue weighted by molar-refractivity contribution is 5.98. The van der Waals surface area contributed by atoms with Crippen LogP contribution in [0.1, 0.15) is 25.7 Å². The number of likely N-dealkylation sites (tertiary alicyclic amines) is 1. The van der Waals surface area contributed by atoms with E-state index in [0.29, 0.717) is 19.1 Å². The van der Waals surface area contributed by atoms with Gasteiger partial charge in [-0.1, -0.05) is 31.0 Å². The average Bonchev–Trinajstić information content (AvgIpc) is 3.24. The third-order valence-electron chi connectivity index (χ3n) is 5.75. The maximum absolute atomic E-state index is 12.9. The Kier molecular flexibility index (Phi) is 4.48. The van der Waals surface area contributed by atoms with E-state index in [1.807, 2.05) is 37.4 Å². The van der Waals surface area contributed by atoms with Gasteiger partial charge in [0.15, 0.2) is 0 Å². The SMILES string of the molecule is CN1CC(C(=O)NC2CCCC2)C2NN(c3ccccc3)C(=O)C2C1. The van der Waals surface area contributed by atoms with Crippen molar-refractivity contribution in [2.24, 2.45) is 11.8 Å². The fraction of sp³-hybridized carbons (Fsp3) is 0.579. The highest BCUT2D eigenvalue weighted by Gasteiger charge is 2.50. The number of rotatable bonds is 3. The molecule has 3 atom stereocenters. The first-order valence-electron chi connectivity index (χ1n) is 9.27. The van der Waals surface area contributed by atoms with Crippen molar-refractivity contribution < 1.29 is 9.59 Å². The van der Waals surface area contributed by atoms with Crippen molar-refractivity contribution in [3.05, 3.63) is 30.3 Å². The monoisotopic (exact) mass is 342 g/mol. The fourth-order valence-electron chi connectivity index (χ4n) is 4.45. The van der Waals surface area contributed by atoms with E-state index in [0.717, 1.165) is 18.5 Å². The zero-order valence-electron chi connectivity index (χ0n) is 14.6. The van der Waals surface area contributed by atoms with Gasteiger partial charge in [0.1, 0.15) is 0 Å². The number of anilines is 1. The van der Waals surface area contributed by atoms with Crippen LogP contribution in [0, 0.1) is 11.8 Å². The molecule has 3 fully saturated rings. The molecular weight excluding hydrogens is 316 g/mol. The van der Waals surface area contributed by atoms with Crippen molar-refractivity contribution in [2.75, 3.05) is 25.1 Å². The van der Waals surface area contributed by atoms with Gasteiger partial charge >= 0.3 is 0 Å². The van der Waals surface area contributed by atoms with Gasteiger partial charge in [-0.15, -0.1) is 0 Å². The molecule has 2 heterocycles. The first kappa shape index (κ1) is 16.5. The molecule has 0 spiro atoms. The molecule has 0 radical (unpaired) electrons. The molecule has 1 aromatic carbocycles. The van der Waals surface area contributed by atoms with Crippen molar-refractivity contribution in [3.8, 4) is 0 Å². The van der Waals surface area contributed by atoms with Crippen LogP contribution in [-0.4, -0.2) is 48.9 Å². The summed E-state index contributed by atoms with van der Waals surface area (Å²) in [6.07, 6.45) is 4.54. The highest BCUT2D eigenvalue weighted by atomic mass is 16.2. The number of carbonyl (C=O) groups is 2. The summed E-state index contributed by atoms with van der Waals surface area (Å²) >= 11 is 0. The Morgan fingerprint density at radius 1 is 1.16 bits per heavy atom. The molecule has 25 heavy (non-hydrogen) atoms. The van der Waals surface area contributed by atoms with Crippen LogP contribution in [-0.2, 0) is 9.59 Å². The number of piperidine rings is 1. The minimum absolute atomic E-state index is 0.0569. The first-order chi connectivity index (χ1) is 12.1. The van der Waals surface area contributed by atoms with Crippen LogP contribution in [0.2, 0.25) is 0 Å². The van der Waals surface area contributed by atoms with Crippen LogP contribution < -0.4 is 15.8 Å². The van der Waals surface area contributed by atoms with E-state index in [-0.39, 0.29) is 29.7 Å². The summed E-state index contributed by atoms with van der Waals surface area (Å²) < 4.78 is 0. The van der Waals surface area contributed by atoms with Gasteiger partial charge in [-0.25, -0.2) is 10.4 Å². The topological polar surface area (TPSA) is 64.7 Å². The van der Waals surface area contributed by atoms with Gasteiger partial charge in [0, 0.05) is 19.1 Å². The van der Waals surface area contributed by atoms with Crippen molar-refractivity contribution in [2.45, 2.75) is 37.8 Å². The quantitative estimate of drug-likeness (QED) is 0.865. The molecule has 2 amide bonds. The molecular formula is C19H26N4O2. The van der Waals surface area contributed by atoms with Crippen molar-refractivity contribution in [1.82, 2.24) is 15.6 Å². The lowest BCUT2D eigenvalue weighted by Gasteiger charge is -2.36. The van der Waals surface area contributed by atoms with E-state index >= 15 is 0 Å². The van der Waals surface area contributed by atoms with Gasteiger partial charge in [0.25, 0.3) is 0 Å². The van der Waals surface area contributed by atoms with Gasteiger partial charge in [0.05, 0.1) is 23.6 Å². The lowest BCUT2D eigenvalue weighted by atomic mass is 9.84. The number of nitrogens with one attached hydrogen (secondary N) is 2. The van der Waals surface area contributed by atoms with Crippen LogP contribution >= 0.6 is 0 Å². The zero-order valence-corrected chi connectivity index (χ0v) is 14.6. The summed E-state index contributed by atoms with van der Waals surface area (Å²) in [4.78, 5) is 27.9. The molecule has 6 heteroatoms. The Labute approximate surface area is 148 Å². The lowest BCUT2D eigenvalue weighted by molar-refractivity contribution is -0.130. The van der Waals surface area contributed by atoms with Gasteiger partial charge in [-0.2, -0.15) is 0 Å². The largest absolute Gasteiger partial charge is 0.353 e. The Morgan fingerprint density at radius 2 is 1.88 bits per heavy atom. The number of carbonyl (C=O) groups excluding carboxylic acids is 2. The van der Waals surface area contributed by atoms with Crippen LogP contribution in [0.4, 0.5) is 5.69 Å². The van der Waals surface area contributed by atoms with E-state index in [1.165, 1.54) is 12.8 Å². The van der Waals surface area contributed by atoms with Gasteiger partial charge < -0.3 is 10.2 Å². The number of para-hydroxylation sites is 1. The van der Waals surface area contributed by atoms with Crippen molar-refractivity contribution in [1.29, 1.82) is 0 Å². The lowest BCUT2D eigenvalue weighted by Crippen LogP contribution is -2.57. The second kappa shape index (κ2) is 6.77. The van der Waals surface area contributed by atoms with Crippen LogP contribution in [0.5, 0.6) is 0 Å². The predicted octanol–water partition coefficient (Wildman–Crippen LogP) is 1.14. The standard InChI is InChI=1S/C19H26N4O2/c1-22-11-15(18(24)20-13-7-5-6-8-13)17-16(12-22)19(25)23(21-17)14-9-3-2-4-10-14/h2-4,9-10,13,15-17,21H,5-8,11-12H2,1H3,(H,20,24). The van der Waals surface area contributed by atoms with E-state index < -0.39 is 0 Å².